The maximum atomic E-state index is 11.6. The second-order valence-electron chi connectivity index (χ2n) is 5.09. The lowest BCUT2D eigenvalue weighted by Gasteiger charge is -2.10. The Labute approximate surface area is 132 Å². The van der Waals surface area contributed by atoms with E-state index >= 15 is 0 Å². The van der Waals surface area contributed by atoms with Crippen molar-refractivity contribution in [2.75, 3.05) is 5.32 Å². The number of aromatic hydroxyl groups is 1. The molecule has 112 valence electrons. The summed E-state index contributed by atoms with van der Waals surface area (Å²) in [4.78, 5) is 11.6. The summed E-state index contributed by atoms with van der Waals surface area (Å²) in [6.07, 6.45) is 0. The topological polar surface area (TPSA) is 62.5 Å². The van der Waals surface area contributed by atoms with Crippen LogP contribution >= 0.6 is 11.6 Å². The highest BCUT2D eigenvalue weighted by Crippen LogP contribution is 2.24. The molecule has 4 nitrogen and oxygen atoms in total. The monoisotopic (exact) mass is 315 g/mol. The highest BCUT2D eigenvalue weighted by Gasteiger charge is 2.07. The standard InChI is InChI=1S/C17H14ClNO3/c1-10-2-3-12(7-15(10)18)19-9-11-6-17(21)22-16-8-13(20)4-5-14(11)16/h2-8,19-20H,9H2,1H3. The number of phenolic OH excluding ortho intramolecular Hbond substituents is 1. The molecule has 0 aliphatic carbocycles. The third-order valence-corrected chi connectivity index (χ3v) is 3.88. The first-order chi connectivity index (χ1) is 10.5. The maximum absolute atomic E-state index is 11.6. The Morgan fingerprint density at radius 1 is 1.18 bits per heavy atom. The Morgan fingerprint density at radius 3 is 2.77 bits per heavy atom. The van der Waals surface area contributed by atoms with E-state index < -0.39 is 5.63 Å². The van der Waals surface area contributed by atoms with Crippen LogP contribution in [0.1, 0.15) is 11.1 Å². The highest BCUT2D eigenvalue weighted by atomic mass is 35.5. The van der Waals surface area contributed by atoms with Crippen molar-refractivity contribution in [3.8, 4) is 5.75 Å². The largest absolute Gasteiger partial charge is 0.508 e. The van der Waals surface area contributed by atoms with Gasteiger partial charge in [-0.2, -0.15) is 0 Å². The minimum absolute atomic E-state index is 0.0612. The van der Waals surface area contributed by atoms with Crippen molar-refractivity contribution in [3.63, 3.8) is 0 Å². The molecular formula is C17H14ClNO3. The zero-order valence-electron chi connectivity index (χ0n) is 11.9. The molecule has 0 bridgehead atoms. The van der Waals surface area contributed by atoms with Crippen LogP contribution in [0.2, 0.25) is 5.02 Å². The van der Waals surface area contributed by atoms with Crippen LogP contribution in [-0.2, 0) is 6.54 Å². The molecule has 1 heterocycles. The van der Waals surface area contributed by atoms with Crippen LogP contribution in [0.5, 0.6) is 5.75 Å². The van der Waals surface area contributed by atoms with Gasteiger partial charge in [0.1, 0.15) is 11.3 Å². The number of fused-ring (bicyclic) bond motifs is 1. The lowest BCUT2D eigenvalue weighted by Crippen LogP contribution is -2.05. The number of phenols is 1. The van der Waals surface area contributed by atoms with E-state index in [2.05, 4.69) is 5.32 Å². The molecule has 0 spiro atoms. The van der Waals surface area contributed by atoms with E-state index in [1.165, 1.54) is 12.1 Å². The molecule has 0 aliphatic rings. The van der Waals surface area contributed by atoms with E-state index in [0.29, 0.717) is 17.2 Å². The maximum Gasteiger partial charge on any atom is 0.336 e. The van der Waals surface area contributed by atoms with Gasteiger partial charge in [-0.15, -0.1) is 0 Å². The molecule has 22 heavy (non-hydrogen) atoms. The van der Waals surface area contributed by atoms with Crippen molar-refractivity contribution in [3.05, 3.63) is 69.0 Å². The molecule has 0 unspecified atom stereocenters. The Kier molecular flexibility index (Phi) is 3.77. The van der Waals surface area contributed by atoms with Gasteiger partial charge in [-0.25, -0.2) is 4.79 Å². The molecule has 2 aromatic carbocycles. The summed E-state index contributed by atoms with van der Waals surface area (Å²) >= 11 is 6.10. The third kappa shape index (κ3) is 2.92. The third-order valence-electron chi connectivity index (χ3n) is 3.47. The zero-order chi connectivity index (χ0) is 15.7. The van der Waals surface area contributed by atoms with Crippen LogP contribution in [0.4, 0.5) is 5.69 Å². The van der Waals surface area contributed by atoms with Gasteiger partial charge < -0.3 is 14.8 Å². The fraction of sp³-hybridized carbons (Fsp3) is 0.118. The molecule has 3 rings (SSSR count). The molecule has 3 aromatic rings. The zero-order valence-corrected chi connectivity index (χ0v) is 12.6. The molecule has 2 N–H and O–H groups in total. The number of nitrogens with one attached hydrogen (secondary N) is 1. The number of halogens is 1. The second kappa shape index (κ2) is 5.73. The summed E-state index contributed by atoms with van der Waals surface area (Å²) < 4.78 is 5.11. The normalized spacial score (nSPS) is 10.8. The first kappa shape index (κ1) is 14.5. The average Bonchev–Trinajstić information content (AvgIpc) is 2.47. The Morgan fingerprint density at radius 2 is 2.00 bits per heavy atom. The van der Waals surface area contributed by atoms with Gasteiger partial charge in [0.25, 0.3) is 0 Å². The summed E-state index contributed by atoms with van der Waals surface area (Å²) in [5, 5.41) is 14.2. The smallest absolute Gasteiger partial charge is 0.336 e. The van der Waals surface area contributed by atoms with Crippen molar-refractivity contribution in [2.24, 2.45) is 0 Å². The predicted molar refractivity (Wildman–Crippen MR) is 87.7 cm³/mol. The van der Waals surface area contributed by atoms with E-state index in [1.54, 1.807) is 12.1 Å². The van der Waals surface area contributed by atoms with Gasteiger partial charge in [0.05, 0.1) is 0 Å². The van der Waals surface area contributed by atoms with E-state index in [-0.39, 0.29) is 5.75 Å². The van der Waals surface area contributed by atoms with E-state index in [9.17, 15) is 9.90 Å². The second-order valence-corrected chi connectivity index (χ2v) is 5.50. The number of aryl methyl sites for hydroxylation is 1. The van der Waals surface area contributed by atoms with Gasteiger partial charge in [-0.3, -0.25) is 0 Å². The predicted octanol–water partition coefficient (Wildman–Crippen LogP) is 4.07. The van der Waals surface area contributed by atoms with Crippen LogP contribution in [0, 0.1) is 6.92 Å². The van der Waals surface area contributed by atoms with Crippen LogP contribution in [0.15, 0.2) is 51.7 Å². The van der Waals surface area contributed by atoms with Crippen molar-refractivity contribution in [1.29, 1.82) is 0 Å². The van der Waals surface area contributed by atoms with Crippen molar-refractivity contribution in [1.82, 2.24) is 0 Å². The van der Waals surface area contributed by atoms with Gasteiger partial charge in [0.15, 0.2) is 0 Å². The number of hydrogen-bond donors (Lipinski definition) is 2. The first-order valence-corrected chi connectivity index (χ1v) is 7.16. The summed E-state index contributed by atoms with van der Waals surface area (Å²) in [5.74, 6) is 0.0612. The number of hydrogen-bond acceptors (Lipinski definition) is 4. The molecule has 0 radical (unpaired) electrons. The quantitative estimate of drug-likeness (QED) is 0.715. The first-order valence-electron chi connectivity index (χ1n) is 6.79. The van der Waals surface area contributed by atoms with Gasteiger partial charge >= 0.3 is 5.63 Å². The Hall–Kier alpha value is -2.46. The van der Waals surface area contributed by atoms with Crippen LogP contribution in [0.25, 0.3) is 11.0 Å². The van der Waals surface area contributed by atoms with Gasteiger partial charge in [0.2, 0.25) is 0 Å². The van der Waals surface area contributed by atoms with Crippen LogP contribution < -0.4 is 10.9 Å². The fourth-order valence-electron chi connectivity index (χ4n) is 2.26. The fourth-order valence-corrected chi connectivity index (χ4v) is 2.45. The minimum atomic E-state index is -0.447. The van der Waals surface area contributed by atoms with Gasteiger partial charge in [-0.1, -0.05) is 17.7 Å². The summed E-state index contributed by atoms with van der Waals surface area (Å²) in [6.45, 7) is 2.39. The average molecular weight is 316 g/mol. The molecule has 0 amide bonds. The molecular weight excluding hydrogens is 302 g/mol. The minimum Gasteiger partial charge on any atom is -0.508 e. The molecule has 0 aliphatic heterocycles. The van der Waals surface area contributed by atoms with Crippen LogP contribution in [0.3, 0.4) is 0 Å². The van der Waals surface area contributed by atoms with E-state index in [1.807, 2.05) is 25.1 Å². The lowest BCUT2D eigenvalue weighted by molar-refractivity contribution is 0.473. The van der Waals surface area contributed by atoms with Crippen molar-refractivity contribution < 1.29 is 9.52 Å². The van der Waals surface area contributed by atoms with Crippen LogP contribution in [-0.4, -0.2) is 5.11 Å². The molecule has 0 saturated heterocycles. The van der Waals surface area contributed by atoms with Gasteiger partial charge in [0, 0.05) is 34.8 Å². The molecule has 0 atom stereocenters. The Balaban J connectivity index is 1.93. The highest BCUT2D eigenvalue weighted by molar-refractivity contribution is 6.31. The van der Waals surface area contributed by atoms with Gasteiger partial charge in [-0.05, 0) is 42.3 Å². The van der Waals surface area contributed by atoms with Crippen molar-refractivity contribution >= 4 is 28.3 Å². The van der Waals surface area contributed by atoms with E-state index in [0.717, 1.165) is 22.2 Å². The SMILES string of the molecule is Cc1ccc(NCc2cc(=O)oc3cc(O)ccc23)cc1Cl. The molecule has 0 fully saturated rings. The molecule has 1 aromatic heterocycles. The number of anilines is 1. The van der Waals surface area contributed by atoms with Crippen molar-refractivity contribution in [2.45, 2.75) is 13.5 Å². The Bertz CT molecular complexity index is 902. The molecule has 0 saturated carbocycles. The van der Waals surface area contributed by atoms with E-state index in [4.69, 9.17) is 16.0 Å². The lowest BCUT2D eigenvalue weighted by atomic mass is 10.1. The summed E-state index contributed by atoms with van der Waals surface area (Å²) in [7, 11) is 0. The number of rotatable bonds is 3. The molecule has 5 heteroatoms. The summed E-state index contributed by atoms with van der Waals surface area (Å²) in [6, 6.07) is 11.9. The summed E-state index contributed by atoms with van der Waals surface area (Å²) in [5.41, 5.74) is 2.59. The number of benzene rings is 2.